The maximum absolute atomic E-state index is 13.4. The van der Waals surface area contributed by atoms with Gasteiger partial charge in [0.05, 0.1) is 6.07 Å². The molecule has 2 nitrogen and oxygen atoms in total. The summed E-state index contributed by atoms with van der Waals surface area (Å²) in [5, 5.41) is 9.37. The topological polar surface area (TPSA) is 40.9 Å². The lowest BCUT2D eigenvalue weighted by atomic mass is 9.88. The predicted octanol–water partition coefficient (Wildman–Crippen LogP) is 4.24. The van der Waals surface area contributed by atoms with Crippen LogP contribution in [0.3, 0.4) is 0 Å². The van der Waals surface area contributed by atoms with Crippen molar-refractivity contribution in [3.63, 3.8) is 0 Å². The second-order valence-electron chi connectivity index (χ2n) is 5.23. The zero-order valence-electron chi connectivity index (χ0n) is 12.3. The largest absolute Gasteiger partial charge is 0.292 e. The van der Waals surface area contributed by atoms with E-state index in [4.69, 9.17) is 0 Å². The van der Waals surface area contributed by atoms with Gasteiger partial charge in [0.1, 0.15) is 11.7 Å². The smallest absolute Gasteiger partial charge is 0.184 e. The minimum atomic E-state index is -0.912. The van der Waals surface area contributed by atoms with E-state index in [1.807, 2.05) is 32.0 Å². The quantitative estimate of drug-likeness (QED) is 0.789. The molecular formula is C18H16FNO. The number of aryl methyl sites for hydroxylation is 3. The first-order valence-electron chi connectivity index (χ1n) is 6.71. The number of ketones is 1. The van der Waals surface area contributed by atoms with Gasteiger partial charge in [0.15, 0.2) is 5.78 Å². The van der Waals surface area contributed by atoms with Crippen LogP contribution in [0.4, 0.5) is 4.39 Å². The molecule has 0 amide bonds. The summed E-state index contributed by atoms with van der Waals surface area (Å²) in [7, 11) is 0. The van der Waals surface area contributed by atoms with Gasteiger partial charge >= 0.3 is 0 Å². The Hall–Kier alpha value is -2.47. The van der Waals surface area contributed by atoms with Crippen molar-refractivity contribution in [3.8, 4) is 6.07 Å². The standard InChI is InChI=1S/C18H16FNO/c1-11-4-6-14(8-13(11)3)17(10-20)18(21)16-9-15(19)7-5-12(16)2/h4-9,17H,1-3H3. The summed E-state index contributed by atoms with van der Waals surface area (Å²) in [6.07, 6.45) is 0. The summed E-state index contributed by atoms with van der Waals surface area (Å²) in [6.45, 7) is 5.64. The van der Waals surface area contributed by atoms with Gasteiger partial charge in [-0.3, -0.25) is 4.79 Å². The highest BCUT2D eigenvalue weighted by molar-refractivity contribution is 6.03. The van der Waals surface area contributed by atoms with Gasteiger partial charge in [-0.15, -0.1) is 0 Å². The molecule has 0 saturated carbocycles. The number of benzene rings is 2. The number of carbonyl (C=O) groups excluding carboxylic acids is 1. The van der Waals surface area contributed by atoms with Crippen LogP contribution >= 0.6 is 0 Å². The minimum absolute atomic E-state index is 0.264. The fraction of sp³-hybridized carbons (Fsp3) is 0.222. The third-order valence-electron chi connectivity index (χ3n) is 3.72. The van der Waals surface area contributed by atoms with Crippen molar-refractivity contribution in [2.45, 2.75) is 26.7 Å². The number of Topliss-reactive ketones (excluding diaryl/α,β-unsaturated/α-hetero) is 1. The van der Waals surface area contributed by atoms with E-state index >= 15 is 0 Å². The molecule has 0 aromatic heterocycles. The van der Waals surface area contributed by atoms with Gasteiger partial charge in [0.2, 0.25) is 0 Å². The molecule has 0 spiro atoms. The summed E-state index contributed by atoms with van der Waals surface area (Å²) < 4.78 is 13.4. The van der Waals surface area contributed by atoms with Crippen LogP contribution < -0.4 is 0 Å². The normalized spacial score (nSPS) is 11.8. The number of nitriles is 1. The maximum atomic E-state index is 13.4. The summed E-state index contributed by atoms with van der Waals surface area (Å²) in [5.41, 5.74) is 3.71. The molecule has 21 heavy (non-hydrogen) atoms. The number of hydrogen-bond acceptors (Lipinski definition) is 2. The number of carbonyl (C=O) groups is 1. The van der Waals surface area contributed by atoms with Crippen LogP contribution in [-0.2, 0) is 0 Å². The van der Waals surface area contributed by atoms with Gasteiger partial charge in [0, 0.05) is 5.56 Å². The van der Waals surface area contributed by atoms with Gasteiger partial charge in [0.25, 0.3) is 0 Å². The van der Waals surface area contributed by atoms with Crippen LogP contribution in [-0.4, -0.2) is 5.78 Å². The van der Waals surface area contributed by atoms with E-state index in [9.17, 15) is 14.4 Å². The van der Waals surface area contributed by atoms with Crippen LogP contribution in [0, 0.1) is 37.9 Å². The molecule has 106 valence electrons. The summed E-state index contributed by atoms with van der Waals surface area (Å²) in [4.78, 5) is 12.6. The Balaban J connectivity index is 2.46. The number of nitrogens with zero attached hydrogens (tertiary/aromatic N) is 1. The summed E-state index contributed by atoms with van der Waals surface area (Å²) in [5.74, 6) is -1.75. The average molecular weight is 281 g/mol. The molecule has 0 aliphatic heterocycles. The lowest BCUT2D eigenvalue weighted by Crippen LogP contribution is -2.13. The SMILES string of the molecule is Cc1ccc(C(C#N)C(=O)c2cc(F)ccc2C)cc1C. The molecule has 0 aliphatic rings. The molecule has 0 fully saturated rings. The first-order chi connectivity index (χ1) is 9.93. The maximum Gasteiger partial charge on any atom is 0.184 e. The second-order valence-corrected chi connectivity index (χ2v) is 5.23. The molecular weight excluding hydrogens is 265 g/mol. The second kappa shape index (κ2) is 5.88. The van der Waals surface area contributed by atoms with Crippen molar-refractivity contribution in [2.75, 3.05) is 0 Å². The van der Waals surface area contributed by atoms with Gasteiger partial charge < -0.3 is 0 Å². The summed E-state index contributed by atoms with van der Waals surface area (Å²) >= 11 is 0. The van der Waals surface area contributed by atoms with Crippen molar-refractivity contribution in [1.82, 2.24) is 0 Å². The highest BCUT2D eigenvalue weighted by atomic mass is 19.1. The van der Waals surface area contributed by atoms with Gasteiger partial charge in [-0.05, 0) is 55.2 Å². The van der Waals surface area contributed by atoms with E-state index in [0.717, 1.165) is 11.1 Å². The molecule has 3 heteroatoms. The first-order valence-corrected chi connectivity index (χ1v) is 6.71. The molecule has 2 aromatic carbocycles. The van der Waals surface area contributed by atoms with E-state index < -0.39 is 11.7 Å². The molecule has 2 rings (SSSR count). The van der Waals surface area contributed by atoms with Crippen molar-refractivity contribution in [2.24, 2.45) is 0 Å². The first kappa shape index (κ1) is 14.9. The van der Waals surface area contributed by atoms with Crippen LogP contribution in [0.1, 0.15) is 38.5 Å². The third-order valence-corrected chi connectivity index (χ3v) is 3.72. The molecule has 0 N–H and O–H groups in total. The highest BCUT2D eigenvalue weighted by Gasteiger charge is 2.23. The van der Waals surface area contributed by atoms with Crippen molar-refractivity contribution in [3.05, 3.63) is 70.0 Å². The van der Waals surface area contributed by atoms with Gasteiger partial charge in [-0.25, -0.2) is 4.39 Å². The van der Waals surface area contributed by atoms with Crippen molar-refractivity contribution >= 4 is 5.78 Å². The molecule has 0 bridgehead atoms. The van der Waals surface area contributed by atoms with E-state index in [1.54, 1.807) is 19.1 Å². The zero-order valence-corrected chi connectivity index (χ0v) is 12.3. The van der Waals surface area contributed by atoms with Crippen molar-refractivity contribution in [1.29, 1.82) is 5.26 Å². The van der Waals surface area contributed by atoms with Gasteiger partial charge in [-0.2, -0.15) is 5.26 Å². The Kier molecular flexibility index (Phi) is 4.18. The zero-order chi connectivity index (χ0) is 15.6. The monoisotopic (exact) mass is 281 g/mol. The molecule has 0 radical (unpaired) electrons. The third kappa shape index (κ3) is 3.00. The van der Waals surface area contributed by atoms with Crippen molar-refractivity contribution < 1.29 is 9.18 Å². The van der Waals surface area contributed by atoms with Crippen LogP contribution in [0.2, 0.25) is 0 Å². The lowest BCUT2D eigenvalue weighted by molar-refractivity contribution is 0.0978. The molecule has 1 atom stereocenters. The Morgan fingerprint density at radius 2 is 1.71 bits per heavy atom. The van der Waals surface area contributed by atoms with Crippen LogP contribution in [0.25, 0.3) is 0 Å². The van der Waals surface area contributed by atoms with E-state index in [0.29, 0.717) is 11.1 Å². The highest BCUT2D eigenvalue weighted by Crippen LogP contribution is 2.24. The number of rotatable bonds is 3. The molecule has 1 unspecified atom stereocenters. The Bertz CT molecular complexity index is 743. The fourth-order valence-electron chi connectivity index (χ4n) is 2.24. The minimum Gasteiger partial charge on any atom is -0.292 e. The average Bonchev–Trinajstić information content (AvgIpc) is 2.46. The van der Waals surface area contributed by atoms with Crippen LogP contribution in [0.5, 0.6) is 0 Å². The van der Waals surface area contributed by atoms with E-state index in [-0.39, 0.29) is 11.3 Å². The lowest BCUT2D eigenvalue weighted by Gasteiger charge is -2.12. The molecule has 0 aliphatic carbocycles. The molecule has 2 aromatic rings. The summed E-state index contributed by atoms with van der Waals surface area (Å²) in [6, 6.07) is 11.6. The Morgan fingerprint density at radius 3 is 2.33 bits per heavy atom. The molecule has 0 saturated heterocycles. The van der Waals surface area contributed by atoms with Crippen LogP contribution in [0.15, 0.2) is 36.4 Å². The molecule has 0 heterocycles. The Morgan fingerprint density at radius 1 is 1.05 bits per heavy atom. The van der Waals surface area contributed by atoms with E-state index in [1.165, 1.54) is 12.1 Å². The number of halogens is 1. The Labute approximate surface area is 123 Å². The predicted molar refractivity (Wildman–Crippen MR) is 79.7 cm³/mol. The fourth-order valence-corrected chi connectivity index (χ4v) is 2.24. The van der Waals surface area contributed by atoms with Gasteiger partial charge in [-0.1, -0.05) is 24.3 Å². The number of hydrogen-bond donors (Lipinski definition) is 0. The van der Waals surface area contributed by atoms with E-state index in [2.05, 4.69) is 0 Å².